The second-order valence-electron chi connectivity index (χ2n) is 4.09. The monoisotopic (exact) mass is 212 g/mol. The molecule has 1 aromatic rings. The first-order valence-electron chi connectivity index (χ1n) is 4.61. The summed E-state index contributed by atoms with van der Waals surface area (Å²) in [7, 11) is 0. The van der Waals surface area contributed by atoms with Gasteiger partial charge in [0.2, 0.25) is 5.95 Å². The fraction of sp³-hybridized carbons (Fsp3) is 0.556. The minimum absolute atomic E-state index is 0.248. The molecule has 1 aliphatic rings. The maximum absolute atomic E-state index is 5.90. The molecule has 1 fully saturated rings. The lowest BCUT2D eigenvalue weighted by atomic mass is 10.1. The van der Waals surface area contributed by atoms with Gasteiger partial charge in [0, 0.05) is 6.54 Å². The molecule has 5 heteroatoms. The Kier molecular flexibility index (Phi) is 2.23. The predicted molar refractivity (Wildman–Crippen MR) is 57.3 cm³/mol. The lowest BCUT2D eigenvalue weighted by Gasteiger charge is -2.11. The normalized spacial score (nSPS) is 17.9. The number of halogens is 1. The minimum atomic E-state index is 0.248. The maximum Gasteiger partial charge on any atom is 0.222 e. The van der Waals surface area contributed by atoms with E-state index >= 15 is 0 Å². The van der Waals surface area contributed by atoms with E-state index in [1.807, 2.05) is 0 Å². The second-order valence-corrected chi connectivity index (χ2v) is 4.50. The highest BCUT2D eigenvalue weighted by Gasteiger charge is 2.36. The van der Waals surface area contributed by atoms with E-state index in [2.05, 4.69) is 22.2 Å². The van der Waals surface area contributed by atoms with Gasteiger partial charge in [0.1, 0.15) is 10.8 Å². The molecular weight excluding hydrogens is 200 g/mol. The van der Waals surface area contributed by atoms with Gasteiger partial charge in [0.05, 0.1) is 6.20 Å². The molecule has 0 radical (unpaired) electrons. The zero-order valence-electron chi connectivity index (χ0n) is 8.05. The Morgan fingerprint density at radius 1 is 1.64 bits per heavy atom. The number of hydrogen-bond donors (Lipinski definition) is 2. The Balaban J connectivity index is 2.04. The summed E-state index contributed by atoms with van der Waals surface area (Å²) in [6.45, 7) is 3.13. The SMILES string of the molecule is CC1(CNc2nc(N)ncc2Cl)CC1. The largest absolute Gasteiger partial charge is 0.368 e. The third-order valence-electron chi connectivity index (χ3n) is 2.55. The summed E-state index contributed by atoms with van der Waals surface area (Å²) in [6.07, 6.45) is 4.04. The van der Waals surface area contributed by atoms with E-state index in [9.17, 15) is 0 Å². The van der Waals surface area contributed by atoms with Crippen LogP contribution in [-0.4, -0.2) is 16.5 Å². The molecule has 0 bridgehead atoms. The van der Waals surface area contributed by atoms with Crippen LogP contribution in [0.15, 0.2) is 6.20 Å². The summed E-state index contributed by atoms with van der Waals surface area (Å²) in [5.74, 6) is 0.880. The third-order valence-corrected chi connectivity index (χ3v) is 2.83. The Labute approximate surface area is 87.9 Å². The summed E-state index contributed by atoms with van der Waals surface area (Å²) < 4.78 is 0. The van der Waals surface area contributed by atoms with E-state index in [1.165, 1.54) is 19.0 Å². The van der Waals surface area contributed by atoms with Crippen LogP contribution < -0.4 is 11.1 Å². The van der Waals surface area contributed by atoms with Crippen LogP contribution in [0, 0.1) is 5.41 Å². The molecule has 1 saturated carbocycles. The molecule has 0 unspecified atom stereocenters. The molecule has 0 aromatic carbocycles. The highest BCUT2D eigenvalue weighted by atomic mass is 35.5. The summed E-state index contributed by atoms with van der Waals surface area (Å²) in [4.78, 5) is 7.82. The van der Waals surface area contributed by atoms with E-state index < -0.39 is 0 Å². The van der Waals surface area contributed by atoms with Crippen molar-refractivity contribution in [2.24, 2.45) is 5.41 Å². The van der Waals surface area contributed by atoms with Crippen molar-refractivity contribution in [1.29, 1.82) is 0 Å². The van der Waals surface area contributed by atoms with Crippen LogP contribution in [0.2, 0.25) is 5.02 Å². The fourth-order valence-corrected chi connectivity index (χ4v) is 1.35. The van der Waals surface area contributed by atoms with Gasteiger partial charge in [-0.1, -0.05) is 18.5 Å². The van der Waals surface area contributed by atoms with Crippen LogP contribution >= 0.6 is 11.6 Å². The van der Waals surface area contributed by atoms with E-state index in [0.29, 0.717) is 16.3 Å². The number of nitrogens with zero attached hydrogens (tertiary/aromatic N) is 2. The highest BCUT2D eigenvalue weighted by Crippen LogP contribution is 2.44. The fourth-order valence-electron chi connectivity index (χ4n) is 1.19. The lowest BCUT2D eigenvalue weighted by molar-refractivity contribution is 0.609. The topological polar surface area (TPSA) is 63.8 Å². The van der Waals surface area contributed by atoms with E-state index in [0.717, 1.165) is 6.54 Å². The van der Waals surface area contributed by atoms with Gasteiger partial charge in [-0.05, 0) is 18.3 Å². The van der Waals surface area contributed by atoms with Crippen LogP contribution in [-0.2, 0) is 0 Å². The first-order chi connectivity index (χ1) is 6.59. The molecule has 14 heavy (non-hydrogen) atoms. The average molecular weight is 213 g/mol. The van der Waals surface area contributed by atoms with Gasteiger partial charge in [-0.3, -0.25) is 0 Å². The van der Waals surface area contributed by atoms with Crippen molar-refractivity contribution in [1.82, 2.24) is 9.97 Å². The van der Waals surface area contributed by atoms with E-state index in [1.54, 1.807) is 0 Å². The zero-order chi connectivity index (χ0) is 10.2. The number of nitrogens with two attached hydrogens (primary N) is 1. The number of anilines is 2. The Bertz CT molecular complexity index is 349. The first-order valence-corrected chi connectivity index (χ1v) is 4.99. The van der Waals surface area contributed by atoms with E-state index in [4.69, 9.17) is 17.3 Å². The number of nitrogens with one attached hydrogen (secondary N) is 1. The molecule has 0 spiro atoms. The van der Waals surface area contributed by atoms with E-state index in [-0.39, 0.29) is 5.95 Å². The molecule has 0 atom stereocenters. The van der Waals surface area contributed by atoms with Crippen molar-refractivity contribution in [3.63, 3.8) is 0 Å². The smallest absolute Gasteiger partial charge is 0.222 e. The van der Waals surface area contributed by atoms with Gasteiger partial charge in [0.15, 0.2) is 0 Å². The zero-order valence-corrected chi connectivity index (χ0v) is 8.80. The highest BCUT2D eigenvalue weighted by molar-refractivity contribution is 6.32. The van der Waals surface area contributed by atoms with Crippen LogP contribution in [0.4, 0.5) is 11.8 Å². The molecule has 0 amide bonds. The number of nitrogen functional groups attached to an aromatic ring is 1. The van der Waals surface area contributed by atoms with Crippen molar-refractivity contribution < 1.29 is 0 Å². The summed E-state index contributed by atoms with van der Waals surface area (Å²) >= 11 is 5.90. The van der Waals surface area contributed by atoms with Gasteiger partial charge >= 0.3 is 0 Å². The quantitative estimate of drug-likeness (QED) is 0.804. The van der Waals surface area contributed by atoms with Crippen molar-refractivity contribution >= 4 is 23.4 Å². The van der Waals surface area contributed by atoms with Gasteiger partial charge in [-0.25, -0.2) is 4.98 Å². The molecular formula is C9H13ClN4. The van der Waals surface area contributed by atoms with Crippen molar-refractivity contribution in [2.75, 3.05) is 17.6 Å². The molecule has 0 aliphatic heterocycles. The number of hydrogen-bond acceptors (Lipinski definition) is 4. The summed E-state index contributed by atoms with van der Waals surface area (Å²) in [5.41, 5.74) is 5.88. The molecule has 1 aromatic heterocycles. The average Bonchev–Trinajstić information content (AvgIpc) is 2.87. The summed E-state index contributed by atoms with van der Waals surface area (Å²) in [5, 5.41) is 3.71. The predicted octanol–water partition coefficient (Wildman–Crippen LogP) is 1.92. The molecule has 2 rings (SSSR count). The Hall–Kier alpha value is -1.03. The lowest BCUT2D eigenvalue weighted by Crippen LogP contribution is -2.13. The molecule has 1 heterocycles. The third kappa shape index (κ3) is 2.07. The van der Waals surface area contributed by atoms with Gasteiger partial charge in [0.25, 0.3) is 0 Å². The molecule has 1 aliphatic carbocycles. The van der Waals surface area contributed by atoms with Crippen molar-refractivity contribution in [3.05, 3.63) is 11.2 Å². The Morgan fingerprint density at radius 3 is 3.00 bits per heavy atom. The maximum atomic E-state index is 5.90. The summed E-state index contributed by atoms with van der Waals surface area (Å²) in [6, 6.07) is 0. The van der Waals surface area contributed by atoms with Gasteiger partial charge in [-0.15, -0.1) is 0 Å². The van der Waals surface area contributed by atoms with Gasteiger partial charge < -0.3 is 11.1 Å². The number of aromatic nitrogens is 2. The van der Waals surface area contributed by atoms with Crippen LogP contribution in [0.25, 0.3) is 0 Å². The Morgan fingerprint density at radius 2 is 2.36 bits per heavy atom. The van der Waals surface area contributed by atoms with Crippen molar-refractivity contribution in [2.45, 2.75) is 19.8 Å². The minimum Gasteiger partial charge on any atom is -0.368 e. The van der Waals surface area contributed by atoms with Crippen molar-refractivity contribution in [3.8, 4) is 0 Å². The van der Waals surface area contributed by atoms with Crippen LogP contribution in [0.5, 0.6) is 0 Å². The second kappa shape index (κ2) is 3.28. The first kappa shape index (κ1) is 9.52. The molecule has 4 nitrogen and oxygen atoms in total. The standard InChI is InChI=1S/C9H13ClN4/c1-9(2-3-9)5-13-7-6(10)4-12-8(11)14-7/h4H,2-3,5H2,1H3,(H3,11,12,13,14). The molecule has 0 saturated heterocycles. The molecule has 3 N–H and O–H groups in total. The van der Waals surface area contributed by atoms with Gasteiger partial charge in [-0.2, -0.15) is 4.98 Å². The van der Waals surface area contributed by atoms with Crippen LogP contribution in [0.3, 0.4) is 0 Å². The van der Waals surface area contributed by atoms with Crippen LogP contribution in [0.1, 0.15) is 19.8 Å². The molecule has 76 valence electrons. The number of rotatable bonds is 3.